The van der Waals surface area contributed by atoms with E-state index in [1.807, 2.05) is 13.8 Å². The van der Waals surface area contributed by atoms with Gasteiger partial charge in [-0.15, -0.1) is 0 Å². The smallest absolute Gasteiger partial charge is 0.285 e. The largest absolute Gasteiger partial charge is 0.320 e. The molecule has 1 aromatic rings. The number of likely N-dealkylation sites (tertiary alicyclic amines) is 1. The van der Waals surface area contributed by atoms with E-state index in [2.05, 4.69) is 12.2 Å². The van der Waals surface area contributed by atoms with Crippen LogP contribution in [0.25, 0.3) is 0 Å². The summed E-state index contributed by atoms with van der Waals surface area (Å²) in [4.78, 5) is 13.3. The Kier molecular flexibility index (Phi) is 4.69. The predicted molar refractivity (Wildman–Crippen MR) is 95.5 cm³/mol. The summed E-state index contributed by atoms with van der Waals surface area (Å²) in [6, 6.07) is 3.00. The predicted octanol–water partition coefficient (Wildman–Crippen LogP) is 4.32. The molecule has 0 spiro atoms. The van der Waals surface area contributed by atoms with Crippen LogP contribution < -0.4 is 5.32 Å². The standard InChI is InChI=1S/C20H29FN2O/c1-4-23(11-6-5-7-12-23)20(9-8-10-20)19(24)22-18-15(2)13-17(21)14-16(18)3/h13-14H,4-12H2,1-3H3/p+1. The van der Waals surface area contributed by atoms with Crippen LogP contribution in [0, 0.1) is 19.7 Å². The Hall–Kier alpha value is -1.42. The van der Waals surface area contributed by atoms with Gasteiger partial charge in [0.15, 0.2) is 5.54 Å². The first-order valence-corrected chi connectivity index (χ1v) is 9.38. The molecule has 1 saturated carbocycles. The zero-order valence-corrected chi connectivity index (χ0v) is 15.3. The average molecular weight is 333 g/mol. The van der Waals surface area contributed by atoms with Crippen LogP contribution in [0.1, 0.15) is 56.6 Å². The van der Waals surface area contributed by atoms with E-state index in [9.17, 15) is 9.18 Å². The number of amides is 1. The zero-order valence-electron chi connectivity index (χ0n) is 15.3. The first-order chi connectivity index (χ1) is 11.4. The highest BCUT2D eigenvalue weighted by molar-refractivity contribution is 5.99. The number of anilines is 1. The SMILES string of the molecule is CC[N+]1(C2(C(=O)Nc3c(C)cc(F)cc3C)CCC2)CCCCC1. The van der Waals surface area contributed by atoms with Crippen LogP contribution in [0.3, 0.4) is 0 Å². The summed E-state index contributed by atoms with van der Waals surface area (Å²) >= 11 is 0. The molecule has 132 valence electrons. The minimum absolute atomic E-state index is 0.148. The Balaban J connectivity index is 1.90. The Morgan fingerprint density at radius 1 is 1.12 bits per heavy atom. The van der Waals surface area contributed by atoms with Crippen molar-refractivity contribution in [1.82, 2.24) is 0 Å². The third-order valence-electron chi connectivity index (χ3n) is 6.52. The van der Waals surface area contributed by atoms with Gasteiger partial charge in [-0.2, -0.15) is 0 Å². The van der Waals surface area contributed by atoms with Crippen molar-refractivity contribution >= 4 is 11.6 Å². The van der Waals surface area contributed by atoms with Crippen molar-refractivity contribution in [2.75, 3.05) is 25.0 Å². The molecule has 0 radical (unpaired) electrons. The molecular weight excluding hydrogens is 303 g/mol. The lowest BCUT2D eigenvalue weighted by molar-refractivity contribution is -0.974. The second-order valence-electron chi connectivity index (χ2n) is 7.72. The molecule has 2 aliphatic rings. The molecule has 0 unspecified atom stereocenters. The summed E-state index contributed by atoms with van der Waals surface area (Å²) in [6.07, 6.45) is 6.82. The molecule has 3 rings (SSSR count). The van der Waals surface area contributed by atoms with Gasteiger partial charge >= 0.3 is 0 Å². The molecule has 1 heterocycles. The molecule has 0 bridgehead atoms. The van der Waals surface area contributed by atoms with E-state index in [1.165, 1.54) is 31.4 Å². The van der Waals surface area contributed by atoms with Gasteiger partial charge in [-0.3, -0.25) is 4.79 Å². The molecule has 1 N–H and O–H groups in total. The van der Waals surface area contributed by atoms with Gasteiger partial charge in [0.05, 0.1) is 19.6 Å². The third kappa shape index (κ3) is 2.65. The van der Waals surface area contributed by atoms with Gasteiger partial charge in [0.1, 0.15) is 5.82 Å². The van der Waals surface area contributed by atoms with Crippen molar-refractivity contribution in [3.8, 4) is 0 Å². The van der Waals surface area contributed by atoms with Gasteiger partial charge in [-0.05, 0) is 69.7 Å². The van der Waals surface area contributed by atoms with E-state index in [4.69, 9.17) is 0 Å². The van der Waals surface area contributed by atoms with Crippen LogP contribution in [-0.4, -0.2) is 35.6 Å². The summed E-state index contributed by atoms with van der Waals surface area (Å²) in [7, 11) is 0. The molecular formula is C20H30FN2O+. The highest BCUT2D eigenvalue weighted by Gasteiger charge is 2.59. The molecule has 1 amide bonds. The van der Waals surface area contributed by atoms with Crippen LogP contribution >= 0.6 is 0 Å². The van der Waals surface area contributed by atoms with Crippen LogP contribution in [0.4, 0.5) is 10.1 Å². The van der Waals surface area contributed by atoms with E-state index in [0.717, 1.165) is 60.2 Å². The van der Waals surface area contributed by atoms with Crippen molar-refractivity contribution in [2.24, 2.45) is 0 Å². The fourth-order valence-corrected chi connectivity index (χ4v) is 4.93. The van der Waals surface area contributed by atoms with Gasteiger partial charge in [0.2, 0.25) is 0 Å². The summed E-state index contributed by atoms with van der Waals surface area (Å²) in [6.45, 7) is 9.22. The van der Waals surface area contributed by atoms with Crippen molar-refractivity contribution in [1.29, 1.82) is 0 Å². The minimum atomic E-state index is -0.275. The molecule has 0 atom stereocenters. The van der Waals surface area contributed by atoms with Gasteiger partial charge < -0.3 is 9.80 Å². The maximum absolute atomic E-state index is 13.5. The number of carbonyl (C=O) groups excluding carboxylic acids is 1. The zero-order chi connectivity index (χ0) is 17.4. The summed E-state index contributed by atoms with van der Waals surface area (Å²) in [5, 5.41) is 3.18. The Labute approximate surface area is 144 Å². The number of quaternary nitrogens is 1. The quantitative estimate of drug-likeness (QED) is 0.817. The highest BCUT2D eigenvalue weighted by atomic mass is 19.1. The number of nitrogens with zero attached hydrogens (tertiary/aromatic N) is 1. The van der Waals surface area contributed by atoms with Crippen LogP contribution in [-0.2, 0) is 4.79 Å². The fraction of sp³-hybridized carbons (Fsp3) is 0.650. The van der Waals surface area contributed by atoms with Gasteiger partial charge in [0.25, 0.3) is 5.91 Å². The molecule has 1 aliphatic carbocycles. The van der Waals surface area contributed by atoms with E-state index in [1.54, 1.807) is 0 Å². The van der Waals surface area contributed by atoms with Crippen molar-refractivity contribution < 1.29 is 13.7 Å². The molecule has 2 fully saturated rings. The normalized spacial score (nSPS) is 21.8. The molecule has 1 aromatic carbocycles. The lowest BCUT2D eigenvalue weighted by Crippen LogP contribution is -2.73. The summed E-state index contributed by atoms with van der Waals surface area (Å²) < 4.78 is 14.5. The Morgan fingerprint density at radius 3 is 2.17 bits per heavy atom. The lowest BCUT2D eigenvalue weighted by atomic mass is 9.71. The number of benzene rings is 1. The highest BCUT2D eigenvalue weighted by Crippen LogP contribution is 2.46. The number of aryl methyl sites for hydroxylation is 2. The van der Waals surface area contributed by atoms with E-state index >= 15 is 0 Å². The van der Waals surface area contributed by atoms with E-state index in [0.29, 0.717) is 0 Å². The van der Waals surface area contributed by atoms with Crippen LogP contribution in [0.15, 0.2) is 12.1 Å². The van der Waals surface area contributed by atoms with Gasteiger partial charge in [0, 0.05) is 18.5 Å². The van der Waals surface area contributed by atoms with Crippen molar-refractivity contribution in [3.05, 3.63) is 29.1 Å². The third-order valence-corrected chi connectivity index (χ3v) is 6.52. The molecule has 0 aromatic heterocycles. The van der Waals surface area contributed by atoms with Crippen molar-refractivity contribution in [2.45, 2.75) is 64.8 Å². The Bertz CT molecular complexity index is 608. The number of halogens is 1. The molecule has 24 heavy (non-hydrogen) atoms. The summed E-state index contributed by atoms with van der Waals surface area (Å²) in [5.74, 6) is -0.0928. The van der Waals surface area contributed by atoms with Gasteiger partial charge in [-0.1, -0.05) is 0 Å². The molecule has 4 heteroatoms. The van der Waals surface area contributed by atoms with Crippen LogP contribution in [0.5, 0.6) is 0 Å². The number of carbonyl (C=O) groups is 1. The second kappa shape index (κ2) is 6.47. The first kappa shape index (κ1) is 17.4. The second-order valence-corrected chi connectivity index (χ2v) is 7.72. The lowest BCUT2D eigenvalue weighted by Gasteiger charge is -2.57. The topological polar surface area (TPSA) is 29.1 Å². The number of nitrogens with one attached hydrogen (secondary N) is 1. The number of likely N-dealkylation sites (N-methyl/N-ethyl adjacent to an activating group) is 1. The number of hydrogen-bond acceptors (Lipinski definition) is 1. The number of piperidine rings is 1. The van der Waals surface area contributed by atoms with Crippen molar-refractivity contribution in [3.63, 3.8) is 0 Å². The monoisotopic (exact) mass is 333 g/mol. The van der Waals surface area contributed by atoms with Gasteiger partial charge in [-0.25, -0.2) is 4.39 Å². The summed E-state index contributed by atoms with van der Waals surface area (Å²) in [5.41, 5.74) is 2.12. The number of hydrogen-bond donors (Lipinski definition) is 1. The maximum Gasteiger partial charge on any atom is 0.285 e. The van der Waals surface area contributed by atoms with E-state index < -0.39 is 0 Å². The number of rotatable bonds is 4. The average Bonchev–Trinajstić information content (AvgIpc) is 2.50. The van der Waals surface area contributed by atoms with E-state index in [-0.39, 0.29) is 17.3 Å². The first-order valence-electron chi connectivity index (χ1n) is 9.38. The minimum Gasteiger partial charge on any atom is -0.320 e. The molecule has 1 aliphatic heterocycles. The maximum atomic E-state index is 13.5. The fourth-order valence-electron chi connectivity index (χ4n) is 4.93. The Morgan fingerprint density at radius 2 is 1.71 bits per heavy atom. The molecule has 3 nitrogen and oxygen atoms in total. The van der Waals surface area contributed by atoms with Crippen LogP contribution in [0.2, 0.25) is 0 Å². The molecule has 1 saturated heterocycles.